The van der Waals surface area contributed by atoms with E-state index in [1.165, 1.54) is 12.7 Å². The molecule has 134 valence electrons. The summed E-state index contributed by atoms with van der Waals surface area (Å²) >= 11 is 0. The van der Waals surface area contributed by atoms with E-state index in [1.807, 2.05) is 25.3 Å². The third-order valence-corrected chi connectivity index (χ3v) is 4.80. The highest BCUT2D eigenvalue weighted by Crippen LogP contribution is 2.26. The molecule has 0 amide bonds. The van der Waals surface area contributed by atoms with Crippen LogP contribution in [-0.2, 0) is 11.3 Å². The van der Waals surface area contributed by atoms with Crippen LogP contribution in [0.4, 0.5) is 0 Å². The first-order chi connectivity index (χ1) is 12.1. The second kappa shape index (κ2) is 7.80. The topological polar surface area (TPSA) is 58.8 Å². The van der Waals surface area contributed by atoms with E-state index in [-0.39, 0.29) is 6.04 Å². The Bertz CT molecular complexity index is 706. The van der Waals surface area contributed by atoms with Gasteiger partial charge in [-0.25, -0.2) is 4.79 Å². The number of methoxy groups -OCH3 is 1. The van der Waals surface area contributed by atoms with Crippen molar-refractivity contribution in [3.05, 3.63) is 53.2 Å². The predicted octanol–water partition coefficient (Wildman–Crippen LogP) is 2.65. The van der Waals surface area contributed by atoms with Crippen molar-refractivity contribution in [2.45, 2.75) is 26.4 Å². The van der Waals surface area contributed by atoms with Crippen molar-refractivity contribution in [3.63, 3.8) is 0 Å². The lowest BCUT2D eigenvalue weighted by Gasteiger charge is -2.37. The van der Waals surface area contributed by atoms with Gasteiger partial charge in [-0.2, -0.15) is 0 Å². The number of rotatable bonds is 5. The van der Waals surface area contributed by atoms with Gasteiger partial charge in [0.15, 0.2) is 0 Å². The van der Waals surface area contributed by atoms with Gasteiger partial charge in [-0.15, -0.1) is 0 Å². The van der Waals surface area contributed by atoms with Crippen LogP contribution < -0.4 is 0 Å². The summed E-state index contributed by atoms with van der Waals surface area (Å²) in [6.45, 7) is 8.87. The standard InChI is InChI=1S/C19H25N3O3/c1-14-11-17(25-18(14)19(23)24-3)15(2)22-9-7-21(8-10-22)13-16-5-4-6-20-12-16/h4-6,11-12,15H,7-10,13H2,1-3H3. The quantitative estimate of drug-likeness (QED) is 0.778. The SMILES string of the molecule is COC(=O)c1oc(C(C)N2CCN(Cc3cccnc3)CC2)cc1C. The number of carbonyl (C=O) groups is 1. The molecule has 1 fully saturated rings. The number of hydrogen-bond donors (Lipinski definition) is 0. The van der Waals surface area contributed by atoms with Crippen molar-refractivity contribution in [2.24, 2.45) is 0 Å². The summed E-state index contributed by atoms with van der Waals surface area (Å²) in [5, 5.41) is 0. The Morgan fingerprint density at radius 3 is 2.76 bits per heavy atom. The molecule has 0 saturated carbocycles. The van der Waals surface area contributed by atoms with Crippen LogP contribution in [0.5, 0.6) is 0 Å². The van der Waals surface area contributed by atoms with E-state index in [1.54, 1.807) is 6.20 Å². The van der Waals surface area contributed by atoms with Crippen molar-refractivity contribution in [2.75, 3.05) is 33.3 Å². The van der Waals surface area contributed by atoms with Crippen LogP contribution in [0, 0.1) is 6.92 Å². The summed E-state index contributed by atoms with van der Waals surface area (Å²) in [6.07, 6.45) is 3.73. The first kappa shape index (κ1) is 17.6. The van der Waals surface area contributed by atoms with E-state index in [9.17, 15) is 4.79 Å². The van der Waals surface area contributed by atoms with E-state index >= 15 is 0 Å². The second-order valence-corrected chi connectivity index (χ2v) is 6.50. The van der Waals surface area contributed by atoms with Gasteiger partial charge >= 0.3 is 5.97 Å². The molecule has 1 saturated heterocycles. The van der Waals surface area contributed by atoms with E-state index in [0.29, 0.717) is 5.76 Å². The van der Waals surface area contributed by atoms with Gasteiger partial charge in [0.25, 0.3) is 0 Å². The number of nitrogens with zero attached hydrogens (tertiary/aromatic N) is 3. The van der Waals surface area contributed by atoms with Gasteiger partial charge in [-0.1, -0.05) is 6.07 Å². The summed E-state index contributed by atoms with van der Waals surface area (Å²) in [5.74, 6) is 0.704. The highest BCUT2D eigenvalue weighted by atomic mass is 16.5. The molecular formula is C19H25N3O3. The number of carbonyl (C=O) groups excluding carboxylic acids is 1. The number of hydrogen-bond acceptors (Lipinski definition) is 6. The lowest BCUT2D eigenvalue weighted by molar-refractivity contribution is 0.0551. The molecule has 2 aromatic rings. The van der Waals surface area contributed by atoms with Gasteiger partial charge in [0.1, 0.15) is 5.76 Å². The van der Waals surface area contributed by atoms with E-state index in [2.05, 4.69) is 27.8 Å². The van der Waals surface area contributed by atoms with Crippen LogP contribution in [0.2, 0.25) is 0 Å². The Hall–Kier alpha value is -2.18. The lowest BCUT2D eigenvalue weighted by Crippen LogP contribution is -2.46. The maximum atomic E-state index is 11.7. The molecule has 25 heavy (non-hydrogen) atoms. The fraction of sp³-hybridized carbons (Fsp3) is 0.474. The van der Waals surface area contributed by atoms with Gasteiger partial charge in [0.05, 0.1) is 13.2 Å². The highest BCUT2D eigenvalue weighted by molar-refractivity contribution is 5.87. The molecule has 1 atom stereocenters. The van der Waals surface area contributed by atoms with Gasteiger partial charge in [0, 0.05) is 50.7 Å². The number of piperazine rings is 1. The normalized spacial score (nSPS) is 17.4. The summed E-state index contributed by atoms with van der Waals surface area (Å²) in [4.78, 5) is 20.7. The van der Waals surface area contributed by atoms with Crippen molar-refractivity contribution < 1.29 is 13.9 Å². The summed E-state index contributed by atoms with van der Waals surface area (Å²) in [7, 11) is 1.37. The molecule has 0 N–H and O–H groups in total. The van der Waals surface area contributed by atoms with Crippen molar-refractivity contribution >= 4 is 5.97 Å². The van der Waals surface area contributed by atoms with Gasteiger partial charge in [0.2, 0.25) is 5.76 Å². The first-order valence-corrected chi connectivity index (χ1v) is 8.62. The largest absolute Gasteiger partial charge is 0.463 e. The molecule has 1 aliphatic rings. The highest BCUT2D eigenvalue weighted by Gasteiger charge is 2.26. The van der Waals surface area contributed by atoms with E-state index in [4.69, 9.17) is 9.15 Å². The lowest BCUT2D eigenvalue weighted by atomic mass is 10.1. The van der Waals surface area contributed by atoms with Crippen molar-refractivity contribution in [1.29, 1.82) is 0 Å². The molecule has 3 heterocycles. The molecule has 1 aliphatic heterocycles. The van der Waals surface area contributed by atoms with Gasteiger partial charge in [-0.05, 0) is 31.5 Å². The number of ether oxygens (including phenoxy) is 1. The molecular weight excluding hydrogens is 318 g/mol. The average molecular weight is 343 g/mol. The number of pyridine rings is 1. The molecule has 0 aliphatic carbocycles. The zero-order valence-electron chi connectivity index (χ0n) is 15.1. The maximum Gasteiger partial charge on any atom is 0.374 e. The minimum absolute atomic E-state index is 0.137. The number of esters is 1. The smallest absolute Gasteiger partial charge is 0.374 e. The third-order valence-electron chi connectivity index (χ3n) is 4.80. The molecule has 3 rings (SSSR count). The summed E-state index contributed by atoms with van der Waals surface area (Å²) in [5.41, 5.74) is 2.07. The van der Waals surface area contributed by atoms with E-state index < -0.39 is 5.97 Å². The number of aromatic nitrogens is 1. The minimum atomic E-state index is -0.419. The fourth-order valence-corrected chi connectivity index (χ4v) is 3.25. The molecule has 0 radical (unpaired) electrons. The van der Waals surface area contributed by atoms with E-state index in [0.717, 1.165) is 44.0 Å². The Balaban J connectivity index is 1.58. The molecule has 1 unspecified atom stereocenters. The van der Waals surface area contributed by atoms with Crippen LogP contribution in [0.25, 0.3) is 0 Å². The molecule has 6 nitrogen and oxygen atoms in total. The van der Waals surface area contributed by atoms with Crippen molar-refractivity contribution in [3.8, 4) is 0 Å². The second-order valence-electron chi connectivity index (χ2n) is 6.50. The van der Waals surface area contributed by atoms with Crippen LogP contribution in [0.15, 0.2) is 35.0 Å². The zero-order valence-corrected chi connectivity index (χ0v) is 15.1. The monoisotopic (exact) mass is 343 g/mol. The average Bonchev–Trinajstić information content (AvgIpc) is 3.04. The number of furan rings is 1. The Morgan fingerprint density at radius 1 is 1.36 bits per heavy atom. The van der Waals surface area contributed by atoms with Crippen molar-refractivity contribution in [1.82, 2.24) is 14.8 Å². The third kappa shape index (κ3) is 4.08. The minimum Gasteiger partial charge on any atom is -0.463 e. The zero-order chi connectivity index (χ0) is 17.8. The Kier molecular flexibility index (Phi) is 5.50. The maximum absolute atomic E-state index is 11.7. The van der Waals surface area contributed by atoms with Crippen LogP contribution in [0.1, 0.15) is 40.4 Å². The first-order valence-electron chi connectivity index (χ1n) is 8.62. The van der Waals surface area contributed by atoms with Crippen LogP contribution in [-0.4, -0.2) is 54.0 Å². The van der Waals surface area contributed by atoms with Crippen LogP contribution >= 0.6 is 0 Å². The molecule has 6 heteroatoms. The molecule has 0 spiro atoms. The fourth-order valence-electron chi connectivity index (χ4n) is 3.25. The van der Waals surface area contributed by atoms with Crippen LogP contribution in [0.3, 0.4) is 0 Å². The number of aryl methyl sites for hydroxylation is 1. The molecule has 0 bridgehead atoms. The Morgan fingerprint density at radius 2 is 2.12 bits per heavy atom. The molecule has 0 aromatic carbocycles. The van der Waals surface area contributed by atoms with Gasteiger partial charge < -0.3 is 9.15 Å². The summed E-state index contributed by atoms with van der Waals surface area (Å²) in [6, 6.07) is 6.17. The predicted molar refractivity (Wildman–Crippen MR) is 94.3 cm³/mol. The summed E-state index contributed by atoms with van der Waals surface area (Å²) < 4.78 is 10.5. The molecule has 2 aromatic heterocycles. The Labute approximate surface area is 148 Å². The van der Waals surface area contributed by atoms with Gasteiger partial charge in [-0.3, -0.25) is 14.8 Å².